The summed E-state index contributed by atoms with van der Waals surface area (Å²) in [6, 6.07) is 4.08. The number of fused-ring (bicyclic) bond motifs is 1. The molecular weight excluding hydrogens is 426 g/mol. The Morgan fingerprint density at radius 1 is 1.15 bits per heavy atom. The summed E-state index contributed by atoms with van der Waals surface area (Å²) in [5, 5.41) is 12.8. The summed E-state index contributed by atoms with van der Waals surface area (Å²) in [6.07, 6.45) is 0.772. The van der Waals surface area contributed by atoms with Gasteiger partial charge in [0.25, 0.3) is 11.8 Å². The number of aliphatic hydroxyl groups is 1. The number of ether oxygens (including phenoxy) is 2. The van der Waals surface area contributed by atoms with Gasteiger partial charge in [0.15, 0.2) is 0 Å². The van der Waals surface area contributed by atoms with Crippen molar-refractivity contribution in [2.45, 2.75) is 64.7 Å². The van der Waals surface area contributed by atoms with E-state index in [0.29, 0.717) is 30.1 Å². The van der Waals surface area contributed by atoms with Gasteiger partial charge in [-0.25, -0.2) is 4.79 Å². The molecule has 3 amide bonds. The van der Waals surface area contributed by atoms with Crippen molar-refractivity contribution in [3.8, 4) is 5.75 Å². The number of benzene rings is 1. The van der Waals surface area contributed by atoms with Gasteiger partial charge in [-0.05, 0) is 71.6 Å². The third kappa shape index (κ3) is 5.96. The number of rotatable bonds is 3. The number of nitrogens with zero attached hydrogens (tertiary/aromatic N) is 2. The van der Waals surface area contributed by atoms with Crippen LogP contribution in [-0.2, 0) is 9.53 Å². The van der Waals surface area contributed by atoms with E-state index < -0.39 is 23.3 Å². The number of alkyl carbamates (subject to hydrolysis) is 1. The Kier molecular flexibility index (Phi) is 6.93. The minimum Gasteiger partial charge on any atom is -0.489 e. The third-order valence-electron chi connectivity index (χ3n) is 6.07. The van der Waals surface area contributed by atoms with E-state index in [1.165, 1.54) is 4.90 Å². The molecule has 0 radical (unpaired) electrons. The van der Waals surface area contributed by atoms with Crippen molar-refractivity contribution in [1.82, 2.24) is 10.2 Å². The Balaban J connectivity index is 1.71. The molecule has 1 aromatic carbocycles. The van der Waals surface area contributed by atoms with Gasteiger partial charge in [0.1, 0.15) is 24.0 Å². The number of anilines is 1. The molecule has 2 aliphatic rings. The van der Waals surface area contributed by atoms with E-state index >= 15 is 0 Å². The summed E-state index contributed by atoms with van der Waals surface area (Å²) in [4.78, 5) is 41.4. The minimum absolute atomic E-state index is 0.0484. The first-order valence-corrected chi connectivity index (χ1v) is 11.3. The highest BCUT2D eigenvalue weighted by Gasteiger charge is 2.34. The fourth-order valence-electron chi connectivity index (χ4n) is 4.16. The SMILES string of the molecule is CN1C(=O)[C@@H](NC(=O)OC(C)(C)C)COc2ccc(C(=O)N3CCC(C(C)(C)O)CC3)cc21. The quantitative estimate of drug-likeness (QED) is 0.716. The molecule has 2 aliphatic heterocycles. The van der Waals surface area contributed by atoms with Gasteiger partial charge < -0.3 is 29.7 Å². The van der Waals surface area contributed by atoms with Crippen molar-refractivity contribution in [3.05, 3.63) is 23.8 Å². The molecule has 0 saturated carbocycles. The van der Waals surface area contributed by atoms with E-state index in [1.807, 2.05) is 0 Å². The first-order chi connectivity index (χ1) is 15.3. The average Bonchev–Trinajstić information content (AvgIpc) is 2.83. The second-order valence-electron chi connectivity index (χ2n) is 10.3. The Hall–Kier alpha value is -2.81. The van der Waals surface area contributed by atoms with Gasteiger partial charge in [-0.2, -0.15) is 0 Å². The van der Waals surface area contributed by atoms with E-state index in [9.17, 15) is 19.5 Å². The molecule has 1 atom stereocenters. The standard InChI is InChI=1S/C24H35N3O6/c1-23(2,3)33-22(30)25-17-14-32-19-8-7-15(13-18(19)26(6)21(17)29)20(28)27-11-9-16(10-12-27)24(4,5)31/h7-8,13,16-17,31H,9-12,14H2,1-6H3,(H,25,30)/t17-/m0/s1. The zero-order chi connectivity index (χ0) is 24.6. The number of likely N-dealkylation sites (tertiary alicyclic amines) is 1. The predicted molar refractivity (Wildman–Crippen MR) is 123 cm³/mol. The maximum atomic E-state index is 13.1. The van der Waals surface area contributed by atoms with Crippen molar-refractivity contribution in [2.24, 2.45) is 5.92 Å². The molecule has 1 aromatic rings. The summed E-state index contributed by atoms with van der Waals surface area (Å²) >= 11 is 0. The molecule has 33 heavy (non-hydrogen) atoms. The molecule has 0 bridgehead atoms. The highest BCUT2D eigenvalue weighted by Crippen LogP contribution is 2.33. The van der Waals surface area contributed by atoms with Gasteiger partial charge in [-0.1, -0.05) is 0 Å². The second-order valence-corrected chi connectivity index (χ2v) is 10.3. The van der Waals surface area contributed by atoms with Gasteiger partial charge in [0.05, 0.1) is 11.3 Å². The Bertz CT molecular complexity index is 910. The van der Waals surface area contributed by atoms with Crippen LogP contribution < -0.4 is 15.0 Å². The van der Waals surface area contributed by atoms with Crippen molar-refractivity contribution < 1.29 is 29.0 Å². The van der Waals surface area contributed by atoms with Gasteiger partial charge >= 0.3 is 6.09 Å². The average molecular weight is 462 g/mol. The number of carbonyl (C=O) groups is 3. The summed E-state index contributed by atoms with van der Waals surface area (Å²) < 4.78 is 11.0. The fourth-order valence-corrected chi connectivity index (χ4v) is 4.16. The molecule has 1 saturated heterocycles. The summed E-state index contributed by atoms with van der Waals surface area (Å²) in [6.45, 7) is 9.92. The lowest BCUT2D eigenvalue weighted by Gasteiger charge is -2.37. The largest absolute Gasteiger partial charge is 0.489 e. The van der Waals surface area contributed by atoms with Gasteiger partial charge in [-0.3, -0.25) is 9.59 Å². The predicted octanol–water partition coefficient (Wildman–Crippen LogP) is 2.56. The van der Waals surface area contributed by atoms with E-state index in [-0.39, 0.29) is 24.3 Å². The van der Waals surface area contributed by atoms with E-state index in [2.05, 4.69) is 5.32 Å². The van der Waals surface area contributed by atoms with Crippen LogP contribution in [0.25, 0.3) is 0 Å². The highest BCUT2D eigenvalue weighted by molar-refractivity contribution is 6.02. The van der Waals surface area contributed by atoms with Gasteiger partial charge in [0, 0.05) is 25.7 Å². The van der Waals surface area contributed by atoms with Crippen LogP contribution in [0.5, 0.6) is 5.75 Å². The van der Waals surface area contributed by atoms with Crippen LogP contribution in [0, 0.1) is 5.92 Å². The van der Waals surface area contributed by atoms with Crippen LogP contribution in [0.4, 0.5) is 10.5 Å². The number of hydrogen-bond donors (Lipinski definition) is 2. The molecule has 9 nitrogen and oxygen atoms in total. The molecule has 2 heterocycles. The molecule has 0 unspecified atom stereocenters. The van der Waals surface area contributed by atoms with E-state index in [4.69, 9.17) is 9.47 Å². The van der Waals surface area contributed by atoms with E-state index in [0.717, 1.165) is 12.8 Å². The molecule has 0 aliphatic carbocycles. The van der Waals surface area contributed by atoms with Gasteiger partial charge in [0.2, 0.25) is 0 Å². The molecule has 0 spiro atoms. The van der Waals surface area contributed by atoms with Crippen LogP contribution in [0.2, 0.25) is 0 Å². The lowest BCUT2D eigenvalue weighted by molar-refractivity contribution is -0.120. The zero-order valence-electron chi connectivity index (χ0n) is 20.3. The van der Waals surface area contributed by atoms with Crippen LogP contribution in [0.15, 0.2) is 18.2 Å². The topological polar surface area (TPSA) is 108 Å². The number of likely N-dealkylation sites (N-methyl/N-ethyl adjacent to an activating group) is 1. The maximum Gasteiger partial charge on any atom is 0.408 e. The monoisotopic (exact) mass is 461 g/mol. The molecule has 182 valence electrons. The summed E-state index contributed by atoms with van der Waals surface area (Å²) in [5.74, 6) is 0.118. The molecule has 3 rings (SSSR count). The Morgan fingerprint density at radius 2 is 1.79 bits per heavy atom. The number of nitrogens with one attached hydrogen (secondary N) is 1. The lowest BCUT2D eigenvalue weighted by Crippen LogP contribution is -2.50. The first kappa shape index (κ1) is 24.8. The smallest absolute Gasteiger partial charge is 0.408 e. The normalized spacial score (nSPS) is 20.0. The van der Waals surface area contributed by atoms with Crippen LogP contribution in [0.1, 0.15) is 57.8 Å². The first-order valence-electron chi connectivity index (χ1n) is 11.3. The second kappa shape index (κ2) is 9.21. The highest BCUT2D eigenvalue weighted by atomic mass is 16.6. The summed E-state index contributed by atoms with van der Waals surface area (Å²) in [5.41, 5.74) is -0.531. The number of amides is 3. The van der Waals surface area contributed by atoms with Gasteiger partial charge in [-0.15, -0.1) is 0 Å². The molecule has 1 fully saturated rings. The lowest BCUT2D eigenvalue weighted by atomic mass is 9.83. The van der Waals surface area contributed by atoms with Crippen molar-refractivity contribution >= 4 is 23.6 Å². The fraction of sp³-hybridized carbons (Fsp3) is 0.625. The van der Waals surface area contributed by atoms with Crippen LogP contribution >= 0.6 is 0 Å². The maximum absolute atomic E-state index is 13.1. The summed E-state index contributed by atoms with van der Waals surface area (Å²) in [7, 11) is 1.59. The van der Waals surface area contributed by atoms with Crippen molar-refractivity contribution in [1.29, 1.82) is 0 Å². The van der Waals surface area contributed by atoms with E-state index in [1.54, 1.807) is 64.8 Å². The molecular formula is C24H35N3O6. The minimum atomic E-state index is -0.919. The Labute approximate surface area is 195 Å². The van der Waals surface area contributed by atoms with Crippen LogP contribution in [-0.4, -0.2) is 71.9 Å². The molecule has 2 N–H and O–H groups in total. The van der Waals surface area contributed by atoms with Crippen LogP contribution in [0.3, 0.4) is 0 Å². The molecule has 0 aromatic heterocycles. The Morgan fingerprint density at radius 3 is 2.36 bits per heavy atom. The number of carbonyl (C=O) groups excluding carboxylic acids is 3. The zero-order valence-corrected chi connectivity index (χ0v) is 20.3. The number of piperidine rings is 1. The van der Waals surface area contributed by atoms with Crippen molar-refractivity contribution in [2.75, 3.05) is 31.6 Å². The van der Waals surface area contributed by atoms with Crippen molar-refractivity contribution in [3.63, 3.8) is 0 Å². The third-order valence-corrected chi connectivity index (χ3v) is 6.07. The molecule has 9 heteroatoms. The number of hydrogen-bond acceptors (Lipinski definition) is 6.